The second-order valence-electron chi connectivity index (χ2n) is 5.47. The quantitative estimate of drug-likeness (QED) is 0.921. The van der Waals surface area contributed by atoms with E-state index in [0.717, 1.165) is 31.0 Å². The van der Waals surface area contributed by atoms with E-state index in [1.165, 1.54) is 11.3 Å². The molecule has 3 nitrogen and oxygen atoms in total. The van der Waals surface area contributed by atoms with Gasteiger partial charge in [0.1, 0.15) is 5.82 Å². The van der Waals surface area contributed by atoms with E-state index in [0.29, 0.717) is 6.04 Å². The highest BCUT2D eigenvalue weighted by molar-refractivity contribution is 5.59. The van der Waals surface area contributed by atoms with Crippen LogP contribution in [0.5, 0.6) is 0 Å². The van der Waals surface area contributed by atoms with E-state index in [4.69, 9.17) is 0 Å². The maximum Gasteiger partial charge on any atom is 0.126 e. The third kappa shape index (κ3) is 2.62. The van der Waals surface area contributed by atoms with E-state index in [2.05, 4.69) is 46.4 Å². The lowest BCUT2D eigenvalue weighted by molar-refractivity contribution is 0.680. The fourth-order valence-corrected chi connectivity index (χ4v) is 2.92. The van der Waals surface area contributed by atoms with Crippen molar-refractivity contribution in [1.29, 1.82) is 0 Å². The number of hydrogen-bond acceptors (Lipinski definition) is 3. The number of hydrogen-bond donors (Lipinski definition) is 1. The molecule has 104 valence electrons. The summed E-state index contributed by atoms with van der Waals surface area (Å²) in [5.41, 5.74) is 3.91. The average Bonchev–Trinajstić information content (AvgIpc) is 2.75. The first-order valence-electron chi connectivity index (χ1n) is 7.26. The maximum atomic E-state index is 4.47. The van der Waals surface area contributed by atoms with Crippen LogP contribution in [0.4, 0.5) is 11.5 Å². The van der Waals surface area contributed by atoms with E-state index >= 15 is 0 Å². The van der Waals surface area contributed by atoms with E-state index < -0.39 is 0 Å². The second kappa shape index (κ2) is 5.53. The Balaban J connectivity index is 1.62. The van der Waals surface area contributed by atoms with Crippen LogP contribution in [0, 0.1) is 6.92 Å². The zero-order valence-corrected chi connectivity index (χ0v) is 12.1. The van der Waals surface area contributed by atoms with Crippen molar-refractivity contribution in [1.82, 2.24) is 4.98 Å². The Labute approximate surface area is 120 Å². The lowest BCUT2D eigenvalue weighted by atomic mass is 10.1. The van der Waals surface area contributed by atoms with Crippen LogP contribution in [0.15, 0.2) is 42.5 Å². The molecule has 1 unspecified atom stereocenters. The molecular weight excluding hydrogens is 246 g/mol. The summed E-state index contributed by atoms with van der Waals surface area (Å²) in [6.07, 6.45) is 1.15. The SMILES string of the molecule is Cc1cccc(NCCN2c3ccccc3CC2C)n1. The summed E-state index contributed by atoms with van der Waals surface area (Å²) < 4.78 is 0. The Morgan fingerprint density at radius 2 is 2.05 bits per heavy atom. The molecule has 0 aliphatic carbocycles. The molecule has 0 saturated carbocycles. The summed E-state index contributed by atoms with van der Waals surface area (Å²) in [4.78, 5) is 6.96. The van der Waals surface area contributed by atoms with Crippen molar-refractivity contribution in [3.05, 3.63) is 53.7 Å². The van der Waals surface area contributed by atoms with Gasteiger partial charge < -0.3 is 10.2 Å². The van der Waals surface area contributed by atoms with Gasteiger partial charge in [0.2, 0.25) is 0 Å². The first kappa shape index (κ1) is 13.0. The van der Waals surface area contributed by atoms with Crippen LogP contribution < -0.4 is 10.2 Å². The van der Waals surface area contributed by atoms with Crippen LogP contribution in [0.2, 0.25) is 0 Å². The molecule has 1 aromatic heterocycles. The first-order valence-corrected chi connectivity index (χ1v) is 7.26. The van der Waals surface area contributed by atoms with Gasteiger partial charge in [-0.15, -0.1) is 0 Å². The molecule has 0 spiro atoms. The Bertz CT molecular complexity index is 594. The number of fused-ring (bicyclic) bond motifs is 1. The monoisotopic (exact) mass is 267 g/mol. The van der Waals surface area contributed by atoms with Crippen LogP contribution >= 0.6 is 0 Å². The summed E-state index contributed by atoms with van der Waals surface area (Å²) >= 11 is 0. The summed E-state index contributed by atoms with van der Waals surface area (Å²) in [5.74, 6) is 0.963. The predicted octanol–water partition coefficient (Wildman–Crippen LogP) is 3.25. The molecule has 3 rings (SSSR count). The van der Waals surface area contributed by atoms with Crippen molar-refractivity contribution >= 4 is 11.5 Å². The lowest BCUT2D eigenvalue weighted by Crippen LogP contribution is -2.33. The van der Waals surface area contributed by atoms with Crippen LogP contribution in [0.1, 0.15) is 18.2 Å². The van der Waals surface area contributed by atoms with Gasteiger partial charge in [-0.3, -0.25) is 0 Å². The van der Waals surface area contributed by atoms with Crippen LogP contribution in [-0.4, -0.2) is 24.1 Å². The first-order chi connectivity index (χ1) is 9.74. The van der Waals surface area contributed by atoms with Crippen molar-refractivity contribution in [2.75, 3.05) is 23.3 Å². The molecule has 1 atom stereocenters. The molecule has 1 aliphatic heterocycles. The predicted molar refractivity (Wildman–Crippen MR) is 84.4 cm³/mol. The molecule has 2 heterocycles. The molecule has 1 aliphatic rings. The van der Waals surface area contributed by atoms with E-state index in [1.54, 1.807) is 0 Å². The number of anilines is 2. The average molecular weight is 267 g/mol. The minimum absolute atomic E-state index is 0.583. The smallest absolute Gasteiger partial charge is 0.126 e. The molecule has 0 saturated heterocycles. The molecule has 0 amide bonds. The second-order valence-corrected chi connectivity index (χ2v) is 5.47. The fraction of sp³-hybridized carbons (Fsp3) is 0.353. The summed E-state index contributed by atoms with van der Waals surface area (Å²) in [6.45, 7) is 6.23. The third-order valence-corrected chi connectivity index (χ3v) is 3.90. The third-order valence-electron chi connectivity index (χ3n) is 3.90. The van der Waals surface area contributed by atoms with Crippen molar-refractivity contribution in [2.24, 2.45) is 0 Å². The minimum Gasteiger partial charge on any atom is -0.368 e. The number of aromatic nitrogens is 1. The van der Waals surface area contributed by atoms with E-state index in [1.807, 2.05) is 25.1 Å². The number of nitrogens with one attached hydrogen (secondary N) is 1. The van der Waals surface area contributed by atoms with Gasteiger partial charge in [0.05, 0.1) is 0 Å². The van der Waals surface area contributed by atoms with Gasteiger partial charge >= 0.3 is 0 Å². The van der Waals surface area contributed by atoms with Gasteiger partial charge in [0.25, 0.3) is 0 Å². The largest absolute Gasteiger partial charge is 0.368 e. The standard InChI is InChI=1S/C17H21N3/c1-13-6-5-9-17(19-13)18-10-11-20-14(2)12-15-7-3-4-8-16(15)20/h3-9,14H,10-12H2,1-2H3,(H,18,19). The van der Waals surface area contributed by atoms with Gasteiger partial charge in [-0.25, -0.2) is 4.98 Å². The summed E-state index contributed by atoms with van der Waals surface area (Å²) in [6, 6.07) is 15.4. The molecule has 1 aromatic carbocycles. The maximum absolute atomic E-state index is 4.47. The highest BCUT2D eigenvalue weighted by Gasteiger charge is 2.24. The fourth-order valence-electron chi connectivity index (χ4n) is 2.92. The van der Waals surface area contributed by atoms with E-state index in [9.17, 15) is 0 Å². The summed E-state index contributed by atoms with van der Waals surface area (Å²) in [7, 11) is 0. The van der Waals surface area contributed by atoms with Gasteiger partial charge in [-0.05, 0) is 44.0 Å². The number of aryl methyl sites for hydroxylation is 1. The zero-order chi connectivity index (χ0) is 13.9. The highest BCUT2D eigenvalue weighted by Crippen LogP contribution is 2.31. The van der Waals surface area contributed by atoms with Crippen molar-refractivity contribution in [2.45, 2.75) is 26.3 Å². The number of para-hydroxylation sites is 1. The normalized spacial score (nSPS) is 17.1. The molecule has 3 heteroatoms. The minimum atomic E-state index is 0.583. The molecular formula is C17H21N3. The van der Waals surface area contributed by atoms with Gasteiger partial charge in [0.15, 0.2) is 0 Å². The van der Waals surface area contributed by atoms with Crippen molar-refractivity contribution in [3.8, 4) is 0 Å². The topological polar surface area (TPSA) is 28.2 Å². The summed E-state index contributed by atoms with van der Waals surface area (Å²) in [5, 5.41) is 3.41. The molecule has 20 heavy (non-hydrogen) atoms. The van der Waals surface area contributed by atoms with Crippen molar-refractivity contribution < 1.29 is 0 Å². The van der Waals surface area contributed by atoms with Crippen LogP contribution in [-0.2, 0) is 6.42 Å². The molecule has 0 bridgehead atoms. The Kier molecular flexibility index (Phi) is 3.59. The van der Waals surface area contributed by atoms with Crippen LogP contribution in [0.25, 0.3) is 0 Å². The molecule has 1 N–H and O–H groups in total. The van der Waals surface area contributed by atoms with Crippen LogP contribution in [0.3, 0.4) is 0 Å². The number of nitrogens with zero attached hydrogens (tertiary/aromatic N) is 2. The Morgan fingerprint density at radius 3 is 2.90 bits per heavy atom. The molecule has 0 radical (unpaired) electrons. The zero-order valence-electron chi connectivity index (χ0n) is 12.1. The Morgan fingerprint density at radius 1 is 1.20 bits per heavy atom. The van der Waals surface area contributed by atoms with Gasteiger partial charge in [-0.1, -0.05) is 24.3 Å². The van der Waals surface area contributed by atoms with Gasteiger partial charge in [-0.2, -0.15) is 0 Å². The lowest BCUT2D eigenvalue weighted by Gasteiger charge is -2.25. The van der Waals surface area contributed by atoms with Gasteiger partial charge in [0, 0.05) is 30.5 Å². The van der Waals surface area contributed by atoms with E-state index in [-0.39, 0.29) is 0 Å². The molecule has 2 aromatic rings. The molecule has 0 fully saturated rings. The number of rotatable bonds is 4. The Hall–Kier alpha value is -2.03. The number of benzene rings is 1. The highest BCUT2D eigenvalue weighted by atomic mass is 15.2. The van der Waals surface area contributed by atoms with Crippen molar-refractivity contribution in [3.63, 3.8) is 0 Å². The number of pyridine rings is 1.